The van der Waals surface area contributed by atoms with E-state index in [9.17, 15) is 18.0 Å². The van der Waals surface area contributed by atoms with E-state index >= 15 is 0 Å². The number of hydrogen-bond donors (Lipinski definition) is 1. The number of alkyl halides is 3. The average molecular weight is 225 g/mol. The number of ketones is 1. The third kappa shape index (κ3) is 4.17. The highest BCUT2D eigenvalue weighted by Gasteiger charge is 2.36. The summed E-state index contributed by atoms with van der Waals surface area (Å²) in [6, 6.07) is -0.355. The van der Waals surface area contributed by atoms with Gasteiger partial charge in [0.2, 0.25) is 0 Å². The number of nitrogens with zero attached hydrogens (tertiary/aromatic N) is 1. The number of hydrogen-bond acceptors (Lipinski definition) is 3. The van der Waals surface area contributed by atoms with Gasteiger partial charge in [0, 0.05) is 25.4 Å². The Labute approximate surface area is 85.9 Å². The number of rotatable bonds is 4. The summed E-state index contributed by atoms with van der Waals surface area (Å²) in [7, 11) is 0. The van der Waals surface area contributed by atoms with E-state index in [-0.39, 0.29) is 31.4 Å². The maximum Gasteiger partial charge on any atom is 0.401 e. The van der Waals surface area contributed by atoms with Gasteiger partial charge >= 0.3 is 6.18 Å². The Bertz CT molecular complexity index is 230. The highest BCUT2D eigenvalue weighted by Crippen LogP contribution is 2.24. The van der Waals surface area contributed by atoms with Gasteiger partial charge in [-0.1, -0.05) is 0 Å². The molecular formula is C9H14F3NO2. The van der Waals surface area contributed by atoms with Crippen molar-refractivity contribution < 1.29 is 23.1 Å². The molecule has 0 radical (unpaired) electrons. The van der Waals surface area contributed by atoms with Crippen LogP contribution in [0.1, 0.15) is 19.3 Å². The van der Waals surface area contributed by atoms with Crippen LogP contribution in [-0.2, 0) is 4.79 Å². The molecule has 0 aromatic heterocycles. The SMILES string of the molecule is O=C1CCC(N(CCO)CC(F)(F)F)C1. The van der Waals surface area contributed by atoms with Crippen molar-refractivity contribution in [3.05, 3.63) is 0 Å². The monoisotopic (exact) mass is 225 g/mol. The third-order valence-electron chi connectivity index (χ3n) is 2.51. The minimum Gasteiger partial charge on any atom is -0.395 e. The Balaban J connectivity index is 2.53. The quantitative estimate of drug-likeness (QED) is 0.774. The molecule has 0 aromatic carbocycles. The predicted molar refractivity (Wildman–Crippen MR) is 47.4 cm³/mol. The van der Waals surface area contributed by atoms with Crippen molar-refractivity contribution >= 4 is 5.78 Å². The first-order valence-electron chi connectivity index (χ1n) is 4.86. The number of Topliss-reactive ketones (excluding diaryl/α,β-unsaturated/α-hetero) is 1. The van der Waals surface area contributed by atoms with Gasteiger partial charge in [-0.15, -0.1) is 0 Å². The number of aliphatic hydroxyl groups excluding tert-OH is 1. The predicted octanol–water partition coefficient (Wildman–Crippen LogP) is 0.965. The Hall–Kier alpha value is -0.620. The van der Waals surface area contributed by atoms with Gasteiger partial charge in [0.1, 0.15) is 5.78 Å². The van der Waals surface area contributed by atoms with Gasteiger partial charge in [0.15, 0.2) is 0 Å². The number of halogens is 3. The molecule has 1 unspecified atom stereocenters. The molecule has 88 valence electrons. The lowest BCUT2D eigenvalue weighted by Gasteiger charge is -2.28. The molecule has 15 heavy (non-hydrogen) atoms. The highest BCUT2D eigenvalue weighted by atomic mass is 19.4. The van der Waals surface area contributed by atoms with Crippen LogP contribution in [0.3, 0.4) is 0 Å². The van der Waals surface area contributed by atoms with Crippen molar-refractivity contribution in [2.75, 3.05) is 19.7 Å². The first-order valence-corrected chi connectivity index (χ1v) is 4.86. The standard InChI is InChI=1S/C9H14F3NO2/c10-9(11,12)6-13(3-4-14)7-1-2-8(15)5-7/h7,14H,1-6H2. The van der Waals surface area contributed by atoms with Gasteiger partial charge in [-0.3, -0.25) is 9.69 Å². The van der Waals surface area contributed by atoms with Crippen LogP contribution >= 0.6 is 0 Å². The molecule has 3 nitrogen and oxygen atoms in total. The second-order valence-electron chi connectivity index (χ2n) is 3.74. The van der Waals surface area contributed by atoms with Crippen molar-refractivity contribution in [2.24, 2.45) is 0 Å². The summed E-state index contributed by atoms with van der Waals surface area (Å²) < 4.78 is 36.5. The van der Waals surface area contributed by atoms with Crippen molar-refractivity contribution in [3.8, 4) is 0 Å². The molecule has 1 N–H and O–H groups in total. The lowest BCUT2D eigenvalue weighted by Crippen LogP contribution is -2.42. The molecule has 6 heteroatoms. The van der Waals surface area contributed by atoms with Crippen LogP contribution in [0.2, 0.25) is 0 Å². The summed E-state index contributed by atoms with van der Waals surface area (Å²) >= 11 is 0. The van der Waals surface area contributed by atoms with Gasteiger partial charge in [0.05, 0.1) is 13.2 Å². The lowest BCUT2D eigenvalue weighted by atomic mass is 10.2. The van der Waals surface area contributed by atoms with Crippen LogP contribution < -0.4 is 0 Å². The number of carbonyl (C=O) groups excluding carboxylic acids is 1. The topological polar surface area (TPSA) is 40.5 Å². The molecule has 1 fully saturated rings. The fourth-order valence-corrected chi connectivity index (χ4v) is 1.86. The Morgan fingerprint density at radius 1 is 1.47 bits per heavy atom. The first kappa shape index (κ1) is 12.4. The molecule has 0 bridgehead atoms. The van der Waals surface area contributed by atoms with E-state index in [2.05, 4.69) is 0 Å². The van der Waals surface area contributed by atoms with E-state index in [1.165, 1.54) is 0 Å². The Morgan fingerprint density at radius 2 is 2.13 bits per heavy atom. The smallest absolute Gasteiger partial charge is 0.395 e. The number of aliphatic hydroxyl groups is 1. The van der Waals surface area contributed by atoms with Gasteiger partial charge < -0.3 is 5.11 Å². The largest absolute Gasteiger partial charge is 0.401 e. The molecule has 1 atom stereocenters. The average Bonchev–Trinajstić information content (AvgIpc) is 2.48. The van der Waals surface area contributed by atoms with Crippen LogP contribution in [-0.4, -0.2) is 47.7 Å². The molecule has 0 saturated heterocycles. The van der Waals surface area contributed by atoms with E-state index in [1.807, 2.05) is 0 Å². The number of carbonyl (C=O) groups is 1. The molecular weight excluding hydrogens is 211 g/mol. The van der Waals surface area contributed by atoms with Crippen molar-refractivity contribution in [3.63, 3.8) is 0 Å². The summed E-state index contributed by atoms with van der Waals surface area (Å²) in [4.78, 5) is 12.1. The minimum absolute atomic E-state index is 0.00474. The second kappa shape index (κ2) is 4.94. The fraction of sp³-hybridized carbons (Fsp3) is 0.889. The molecule has 0 aromatic rings. The van der Waals surface area contributed by atoms with Gasteiger partial charge in [-0.25, -0.2) is 0 Å². The van der Waals surface area contributed by atoms with Crippen molar-refractivity contribution in [2.45, 2.75) is 31.5 Å². The van der Waals surface area contributed by atoms with E-state index < -0.39 is 12.7 Å². The summed E-state index contributed by atoms with van der Waals surface area (Å²) in [6.45, 7) is -1.40. The second-order valence-corrected chi connectivity index (χ2v) is 3.74. The maximum absolute atomic E-state index is 12.2. The van der Waals surface area contributed by atoms with Crippen LogP contribution in [0, 0.1) is 0 Å². The minimum atomic E-state index is -4.28. The maximum atomic E-state index is 12.2. The van der Waals surface area contributed by atoms with Gasteiger partial charge in [-0.05, 0) is 6.42 Å². The van der Waals surface area contributed by atoms with Crippen LogP contribution in [0.15, 0.2) is 0 Å². The van der Waals surface area contributed by atoms with E-state index in [4.69, 9.17) is 5.11 Å². The molecule has 1 saturated carbocycles. The van der Waals surface area contributed by atoms with Crippen LogP contribution in [0.25, 0.3) is 0 Å². The highest BCUT2D eigenvalue weighted by molar-refractivity contribution is 5.81. The summed E-state index contributed by atoms with van der Waals surface area (Å²) in [5, 5.41) is 8.67. The molecule has 0 aliphatic heterocycles. The van der Waals surface area contributed by atoms with Crippen LogP contribution in [0.5, 0.6) is 0 Å². The molecule has 1 rings (SSSR count). The lowest BCUT2D eigenvalue weighted by molar-refractivity contribution is -0.152. The van der Waals surface area contributed by atoms with E-state index in [0.717, 1.165) is 4.90 Å². The van der Waals surface area contributed by atoms with Crippen molar-refractivity contribution in [1.82, 2.24) is 4.90 Å². The van der Waals surface area contributed by atoms with Crippen LogP contribution in [0.4, 0.5) is 13.2 Å². The summed E-state index contributed by atoms with van der Waals surface area (Å²) in [5.74, 6) is 0.00474. The van der Waals surface area contributed by atoms with Gasteiger partial charge in [-0.2, -0.15) is 13.2 Å². The Kier molecular flexibility index (Phi) is 4.10. The van der Waals surface area contributed by atoms with Gasteiger partial charge in [0.25, 0.3) is 0 Å². The zero-order valence-electron chi connectivity index (χ0n) is 8.26. The molecule has 1 aliphatic rings. The molecule has 1 aliphatic carbocycles. The van der Waals surface area contributed by atoms with Crippen molar-refractivity contribution in [1.29, 1.82) is 0 Å². The Morgan fingerprint density at radius 3 is 2.53 bits per heavy atom. The summed E-state index contributed by atoms with van der Waals surface area (Å²) in [6.07, 6.45) is -3.28. The molecule has 0 heterocycles. The third-order valence-corrected chi connectivity index (χ3v) is 2.51. The summed E-state index contributed by atoms with van der Waals surface area (Å²) in [5.41, 5.74) is 0. The van der Waals surface area contributed by atoms with E-state index in [0.29, 0.717) is 12.8 Å². The first-order chi connectivity index (χ1) is 6.92. The zero-order chi connectivity index (χ0) is 11.5. The van der Waals surface area contributed by atoms with E-state index in [1.54, 1.807) is 0 Å². The normalized spacial score (nSPS) is 22.7. The molecule has 0 spiro atoms. The fourth-order valence-electron chi connectivity index (χ4n) is 1.86. The zero-order valence-corrected chi connectivity index (χ0v) is 8.26. The molecule has 0 amide bonds.